The molecule has 0 aliphatic heterocycles. The van der Waals surface area contributed by atoms with E-state index in [-0.39, 0.29) is 5.91 Å². The summed E-state index contributed by atoms with van der Waals surface area (Å²) in [4.78, 5) is 25.0. The normalized spacial score (nSPS) is 10.7. The molecule has 9 nitrogen and oxygen atoms in total. The summed E-state index contributed by atoms with van der Waals surface area (Å²) in [6.07, 6.45) is 1.14. The molecule has 1 amide bonds. The van der Waals surface area contributed by atoms with Gasteiger partial charge in [-0.3, -0.25) is 9.89 Å². The Kier molecular flexibility index (Phi) is 8.17. The van der Waals surface area contributed by atoms with Gasteiger partial charge in [0.05, 0.1) is 19.1 Å². The Morgan fingerprint density at radius 3 is 2.61 bits per heavy atom. The van der Waals surface area contributed by atoms with Crippen LogP contribution < -0.4 is 10.1 Å². The van der Waals surface area contributed by atoms with Crippen LogP contribution in [0.2, 0.25) is 0 Å². The minimum atomic E-state index is -5.08. The predicted octanol–water partition coefficient (Wildman–Crippen LogP) is 2.74. The first-order valence-electron chi connectivity index (χ1n) is 8.95. The summed E-state index contributed by atoms with van der Waals surface area (Å²) in [5.74, 6) is -2.21. The van der Waals surface area contributed by atoms with Crippen LogP contribution in [0.1, 0.15) is 16.9 Å². The molecular formula is C19H20F3N5O4. The number of aromatic amines is 1. The van der Waals surface area contributed by atoms with Crippen LogP contribution in [-0.4, -0.2) is 56.6 Å². The predicted molar refractivity (Wildman–Crippen MR) is 103 cm³/mol. The summed E-state index contributed by atoms with van der Waals surface area (Å²) in [5.41, 5.74) is 1.95. The number of hydrogen-bond acceptors (Lipinski definition) is 5. The van der Waals surface area contributed by atoms with Crippen molar-refractivity contribution in [2.24, 2.45) is 0 Å². The molecule has 0 saturated carbocycles. The monoisotopic (exact) mass is 439 g/mol. The maximum Gasteiger partial charge on any atom is 0.490 e. The number of amides is 1. The van der Waals surface area contributed by atoms with Crippen LogP contribution >= 0.6 is 0 Å². The highest BCUT2D eigenvalue weighted by Crippen LogP contribution is 2.28. The lowest BCUT2D eigenvalue weighted by atomic mass is 10.1. The van der Waals surface area contributed by atoms with Gasteiger partial charge in [0, 0.05) is 31.0 Å². The number of carboxylic acid groups (broad SMARTS) is 1. The Labute approximate surface area is 174 Å². The molecule has 2 aromatic heterocycles. The first kappa shape index (κ1) is 23.4. The number of ether oxygens (including phenoxy) is 1. The van der Waals surface area contributed by atoms with Crippen molar-refractivity contribution in [3.63, 3.8) is 0 Å². The standard InChI is InChI=1S/C17H19N5O2.C2HF3O2/c1-24-16-6-3-2-5-13(16)14-11-15(21-20-14)17(23)19-7-4-9-22-10-8-18-12-22;3-2(4,5)1(6)7/h2-3,5-6,8,10-12H,4,7,9H2,1H3,(H,19,23)(H,20,21);(H,6,7). The van der Waals surface area contributed by atoms with Gasteiger partial charge in [-0.2, -0.15) is 18.3 Å². The average Bonchev–Trinajstić information content (AvgIpc) is 3.43. The third kappa shape index (κ3) is 7.17. The number of halogens is 3. The van der Waals surface area contributed by atoms with E-state index in [1.807, 2.05) is 35.0 Å². The zero-order valence-electron chi connectivity index (χ0n) is 16.4. The summed E-state index contributed by atoms with van der Waals surface area (Å²) < 4.78 is 39.0. The van der Waals surface area contributed by atoms with E-state index in [4.69, 9.17) is 14.6 Å². The number of carbonyl (C=O) groups is 2. The van der Waals surface area contributed by atoms with Gasteiger partial charge in [0.15, 0.2) is 0 Å². The quantitative estimate of drug-likeness (QED) is 0.487. The van der Waals surface area contributed by atoms with Crippen molar-refractivity contribution in [1.29, 1.82) is 0 Å². The molecule has 2 heterocycles. The molecule has 0 saturated heterocycles. The number of nitrogens with one attached hydrogen (secondary N) is 2. The molecule has 0 aliphatic rings. The summed E-state index contributed by atoms with van der Waals surface area (Å²) >= 11 is 0. The SMILES string of the molecule is COc1ccccc1-c1cc(C(=O)NCCCn2ccnc2)[nH]n1.O=C(O)C(F)(F)F. The van der Waals surface area contributed by atoms with E-state index >= 15 is 0 Å². The van der Waals surface area contributed by atoms with Crippen LogP contribution in [0, 0.1) is 0 Å². The molecule has 0 atom stereocenters. The fourth-order valence-corrected chi connectivity index (χ4v) is 2.41. The van der Waals surface area contributed by atoms with Gasteiger partial charge in [0.1, 0.15) is 11.4 Å². The molecule has 0 spiro atoms. The zero-order valence-corrected chi connectivity index (χ0v) is 16.4. The molecule has 0 aliphatic carbocycles. The van der Waals surface area contributed by atoms with Gasteiger partial charge in [-0.05, 0) is 24.6 Å². The van der Waals surface area contributed by atoms with E-state index in [2.05, 4.69) is 20.5 Å². The molecule has 3 N–H and O–H groups in total. The van der Waals surface area contributed by atoms with Crippen molar-refractivity contribution in [3.8, 4) is 17.0 Å². The lowest BCUT2D eigenvalue weighted by molar-refractivity contribution is -0.192. The number of aryl methyl sites for hydroxylation is 1. The van der Waals surface area contributed by atoms with E-state index < -0.39 is 12.1 Å². The molecule has 1 aromatic carbocycles. The summed E-state index contributed by atoms with van der Waals surface area (Å²) in [5, 5.41) is 17.0. The van der Waals surface area contributed by atoms with Gasteiger partial charge in [0.2, 0.25) is 0 Å². The van der Waals surface area contributed by atoms with Crippen molar-refractivity contribution in [2.75, 3.05) is 13.7 Å². The third-order valence-corrected chi connectivity index (χ3v) is 3.89. The molecule has 0 radical (unpaired) electrons. The molecular weight excluding hydrogens is 419 g/mol. The van der Waals surface area contributed by atoms with E-state index in [1.165, 1.54) is 0 Å². The number of para-hydroxylation sites is 1. The molecule has 0 fully saturated rings. The molecule has 0 bridgehead atoms. The van der Waals surface area contributed by atoms with E-state index in [0.29, 0.717) is 17.9 Å². The second-order valence-corrected chi connectivity index (χ2v) is 6.08. The highest BCUT2D eigenvalue weighted by molar-refractivity contribution is 5.93. The number of imidazole rings is 1. The number of H-pyrrole nitrogens is 1. The van der Waals surface area contributed by atoms with Gasteiger partial charge in [-0.15, -0.1) is 0 Å². The van der Waals surface area contributed by atoms with E-state index in [9.17, 15) is 18.0 Å². The number of nitrogens with zero attached hydrogens (tertiary/aromatic N) is 3. The van der Waals surface area contributed by atoms with Crippen molar-refractivity contribution in [1.82, 2.24) is 25.1 Å². The fraction of sp³-hybridized carbons (Fsp3) is 0.263. The topological polar surface area (TPSA) is 122 Å². The number of benzene rings is 1. The Bertz CT molecular complexity index is 987. The fourth-order valence-electron chi connectivity index (χ4n) is 2.41. The number of aromatic nitrogens is 4. The summed E-state index contributed by atoms with van der Waals surface area (Å²) in [6, 6.07) is 9.29. The minimum Gasteiger partial charge on any atom is -0.496 e. The Hall–Kier alpha value is -3.83. The largest absolute Gasteiger partial charge is 0.496 e. The lowest BCUT2D eigenvalue weighted by Crippen LogP contribution is -2.25. The second-order valence-electron chi connectivity index (χ2n) is 6.08. The molecule has 31 heavy (non-hydrogen) atoms. The maximum atomic E-state index is 12.2. The Morgan fingerprint density at radius 1 is 1.29 bits per heavy atom. The number of hydrogen-bond donors (Lipinski definition) is 3. The molecule has 3 aromatic rings. The van der Waals surface area contributed by atoms with Gasteiger partial charge in [-0.25, -0.2) is 9.78 Å². The number of alkyl halides is 3. The smallest absolute Gasteiger partial charge is 0.490 e. The number of carbonyl (C=O) groups excluding carboxylic acids is 1. The van der Waals surface area contributed by atoms with Crippen LogP contribution in [0.15, 0.2) is 49.1 Å². The molecule has 3 rings (SSSR count). The van der Waals surface area contributed by atoms with Gasteiger partial charge in [0.25, 0.3) is 5.91 Å². The van der Waals surface area contributed by atoms with Crippen molar-refractivity contribution >= 4 is 11.9 Å². The van der Waals surface area contributed by atoms with Gasteiger partial charge in [-0.1, -0.05) is 12.1 Å². The van der Waals surface area contributed by atoms with Crippen molar-refractivity contribution < 1.29 is 32.6 Å². The van der Waals surface area contributed by atoms with Gasteiger partial charge >= 0.3 is 12.1 Å². The maximum absolute atomic E-state index is 12.2. The second kappa shape index (κ2) is 10.8. The number of methoxy groups -OCH3 is 1. The van der Waals surface area contributed by atoms with Crippen LogP contribution in [0.5, 0.6) is 5.75 Å². The highest BCUT2D eigenvalue weighted by Gasteiger charge is 2.38. The summed E-state index contributed by atoms with van der Waals surface area (Å²) in [6.45, 7) is 1.40. The molecule has 12 heteroatoms. The first-order chi connectivity index (χ1) is 14.7. The Morgan fingerprint density at radius 2 is 2.00 bits per heavy atom. The number of aliphatic carboxylic acids is 1. The van der Waals surface area contributed by atoms with E-state index in [0.717, 1.165) is 24.3 Å². The number of rotatable bonds is 7. The lowest BCUT2D eigenvalue weighted by Gasteiger charge is -2.05. The minimum absolute atomic E-state index is 0.172. The highest BCUT2D eigenvalue weighted by atomic mass is 19.4. The summed E-state index contributed by atoms with van der Waals surface area (Å²) in [7, 11) is 1.61. The Balaban J connectivity index is 0.000000423. The van der Waals surface area contributed by atoms with Crippen LogP contribution in [-0.2, 0) is 11.3 Å². The molecule has 166 valence electrons. The van der Waals surface area contributed by atoms with Crippen molar-refractivity contribution in [2.45, 2.75) is 19.1 Å². The first-order valence-corrected chi connectivity index (χ1v) is 8.95. The van der Waals surface area contributed by atoms with Crippen LogP contribution in [0.3, 0.4) is 0 Å². The van der Waals surface area contributed by atoms with Crippen LogP contribution in [0.4, 0.5) is 13.2 Å². The zero-order chi connectivity index (χ0) is 22.9. The van der Waals surface area contributed by atoms with Crippen LogP contribution in [0.25, 0.3) is 11.3 Å². The average molecular weight is 439 g/mol. The third-order valence-electron chi connectivity index (χ3n) is 3.89. The number of carboxylic acids is 1. The van der Waals surface area contributed by atoms with E-state index in [1.54, 1.807) is 25.7 Å². The molecule has 0 unspecified atom stereocenters. The van der Waals surface area contributed by atoms with Crippen molar-refractivity contribution in [3.05, 3.63) is 54.7 Å². The van der Waals surface area contributed by atoms with Gasteiger partial charge < -0.3 is 19.7 Å².